The van der Waals surface area contributed by atoms with E-state index in [9.17, 15) is 13.6 Å². The Morgan fingerprint density at radius 1 is 1.03 bits per heavy atom. The van der Waals surface area contributed by atoms with Gasteiger partial charge in [-0.2, -0.15) is 5.10 Å². The first kappa shape index (κ1) is 22.8. The number of halogens is 2. The number of likely N-dealkylation sites (tertiary alicyclic amines) is 1. The number of rotatable bonds is 5. The number of nitrogens with zero attached hydrogens (tertiary/aromatic N) is 5. The zero-order valence-electron chi connectivity index (χ0n) is 20.3. The van der Waals surface area contributed by atoms with Gasteiger partial charge in [-0.05, 0) is 76.4 Å². The highest BCUT2D eigenvalue weighted by molar-refractivity contribution is 5.95. The van der Waals surface area contributed by atoms with Gasteiger partial charge in [-0.25, -0.2) is 18.4 Å². The maximum absolute atomic E-state index is 15.0. The Kier molecular flexibility index (Phi) is 5.59. The number of carbonyl (C=O) groups excluding carboxylic acids is 1. The molecule has 9 heteroatoms. The molecule has 1 N–H and O–H groups in total. The lowest BCUT2D eigenvalue weighted by molar-refractivity contribution is 0.0947. The average molecular weight is 491 g/mol. The monoisotopic (exact) mass is 490 g/mol. The van der Waals surface area contributed by atoms with Crippen LogP contribution < -0.4 is 5.32 Å². The normalized spacial score (nSPS) is 17.1. The first-order valence-electron chi connectivity index (χ1n) is 12.4. The molecule has 2 fully saturated rings. The van der Waals surface area contributed by atoms with Gasteiger partial charge in [0.2, 0.25) is 0 Å². The summed E-state index contributed by atoms with van der Waals surface area (Å²) in [6.07, 6.45) is 10.8. The second kappa shape index (κ2) is 8.81. The molecule has 0 atom stereocenters. The summed E-state index contributed by atoms with van der Waals surface area (Å²) in [5.74, 6) is -1.00. The summed E-state index contributed by atoms with van der Waals surface area (Å²) in [6.45, 7) is 3.68. The van der Waals surface area contributed by atoms with Crippen LogP contribution in [0, 0.1) is 18.6 Å². The first-order chi connectivity index (χ1) is 17.4. The molecule has 6 rings (SSSR count). The van der Waals surface area contributed by atoms with E-state index in [2.05, 4.69) is 27.3 Å². The fraction of sp³-hybridized carbons (Fsp3) is 0.370. The molecule has 3 aromatic heterocycles. The summed E-state index contributed by atoms with van der Waals surface area (Å²) in [7, 11) is 2.09. The smallest absolute Gasteiger partial charge is 0.254 e. The third-order valence-corrected chi connectivity index (χ3v) is 7.35. The van der Waals surface area contributed by atoms with Gasteiger partial charge in [0.1, 0.15) is 17.3 Å². The van der Waals surface area contributed by atoms with Crippen molar-refractivity contribution >= 4 is 11.6 Å². The molecule has 36 heavy (non-hydrogen) atoms. The summed E-state index contributed by atoms with van der Waals surface area (Å²) in [5, 5.41) is 7.34. The third-order valence-electron chi connectivity index (χ3n) is 7.35. The molecule has 1 aromatic carbocycles. The Morgan fingerprint density at radius 2 is 1.81 bits per heavy atom. The van der Waals surface area contributed by atoms with Gasteiger partial charge in [0, 0.05) is 35.6 Å². The minimum atomic E-state index is -0.549. The Labute approximate surface area is 207 Å². The van der Waals surface area contributed by atoms with Gasteiger partial charge in [-0.3, -0.25) is 9.20 Å². The van der Waals surface area contributed by atoms with Crippen molar-refractivity contribution < 1.29 is 13.6 Å². The average Bonchev–Trinajstić information content (AvgIpc) is 3.36. The topological polar surface area (TPSA) is 67.5 Å². The number of amides is 1. The standard InChI is InChI=1S/C27H28F2N6O/c1-16-9-22(28)20(27(36)32-19-3-4-19)10-24(16)35-14-18(12-31-35)25-13-30-26-11-23(29)21(15-34(25)26)17-5-7-33(2)8-6-17/h9-15,17,19H,3-8H2,1-2H3,(H,32,36). The molecule has 7 nitrogen and oxygen atoms in total. The molecule has 0 unspecified atom stereocenters. The van der Waals surface area contributed by atoms with E-state index in [-0.39, 0.29) is 23.3 Å². The number of nitrogens with one attached hydrogen (secondary N) is 1. The maximum atomic E-state index is 15.0. The Balaban J connectivity index is 1.35. The summed E-state index contributed by atoms with van der Waals surface area (Å²) in [4.78, 5) is 19.2. The molecular weight excluding hydrogens is 462 g/mol. The van der Waals surface area contributed by atoms with Crippen LogP contribution in [-0.2, 0) is 0 Å². The second-order valence-electron chi connectivity index (χ2n) is 10.1. The van der Waals surface area contributed by atoms with Crippen molar-refractivity contribution in [1.29, 1.82) is 0 Å². The molecule has 1 saturated carbocycles. The van der Waals surface area contributed by atoms with Crippen LogP contribution in [0.3, 0.4) is 0 Å². The van der Waals surface area contributed by atoms with E-state index >= 15 is 0 Å². The van der Waals surface area contributed by atoms with Crippen molar-refractivity contribution in [3.05, 3.63) is 71.3 Å². The molecule has 1 aliphatic heterocycles. The van der Waals surface area contributed by atoms with E-state index in [4.69, 9.17) is 0 Å². The molecule has 0 bridgehead atoms. The van der Waals surface area contributed by atoms with Gasteiger partial charge in [0.25, 0.3) is 5.91 Å². The molecule has 1 saturated heterocycles. The summed E-state index contributed by atoms with van der Waals surface area (Å²) >= 11 is 0. The van der Waals surface area contributed by atoms with Crippen molar-refractivity contribution in [2.45, 2.75) is 44.6 Å². The highest BCUT2D eigenvalue weighted by Crippen LogP contribution is 2.32. The number of benzene rings is 1. The van der Waals surface area contributed by atoms with Gasteiger partial charge in [-0.1, -0.05) is 0 Å². The third kappa shape index (κ3) is 4.17. The Hall–Kier alpha value is -3.59. The van der Waals surface area contributed by atoms with Crippen molar-refractivity contribution in [3.8, 4) is 16.9 Å². The van der Waals surface area contributed by atoms with E-state index in [1.165, 1.54) is 12.1 Å². The van der Waals surface area contributed by atoms with Crippen LogP contribution in [0.15, 0.2) is 43.0 Å². The largest absolute Gasteiger partial charge is 0.349 e. The SMILES string of the molecule is Cc1cc(F)c(C(=O)NC2CC2)cc1-n1cc(-c2cnc3cc(F)c(C4CCN(C)CC4)cn23)cn1. The van der Waals surface area contributed by atoms with E-state index < -0.39 is 11.7 Å². The lowest BCUT2D eigenvalue weighted by atomic mass is 9.90. The number of hydrogen-bond acceptors (Lipinski definition) is 4. The van der Waals surface area contributed by atoms with Crippen molar-refractivity contribution in [2.75, 3.05) is 20.1 Å². The predicted molar refractivity (Wildman–Crippen MR) is 132 cm³/mol. The Bertz CT molecular complexity index is 1460. The van der Waals surface area contributed by atoms with E-state index in [0.29, 0.717) is 22.5 Å². The van der Waals surface area contributed by atoms with E-state index in [1.54, 1.807) is 30.1 Å². The van der Waals surface area contributed by atoms with Crippen LogP contribution in [0.1, 0.15) is 53.1 Å². The second-order valence-corrected chi connectivity index (χ2v) is 10.1. The maximum Gasteiger partial charge on any atom is 0.254 e. The Morgan fingerprint density at radius 3 is 2.56 bits per heavy atom. The zero-order valence-corrected chi connectivity index (χ0v) is 20.3. The lowest BCUT2D eigenvalue weighted by Gasteiger charge is -2.29. The van der Waals surface area contributed by atoms with Crippen LogP contribution in [0.4, 0.5) is 8.78 Å². The minimum absolute atomic E-state index is 0.00703. The first-order valence-corrected chi connectivity index (χ1v) is 12.4. The van der Waals surface area contributed by atoms with Crippen LogP contribution in [0.2, 0.25) is 0 Å². The summed E-state index contributed by atoms with van der Waals surface area (Å²) < 4.78 is 33.1. The number of fused-ring (bicyclic) bond motifs is 1. The fourth-order valence-corrected chi connectivity index (χ4v) is 5.01. The van der Waals surface area contributed by atoms with Gasteiger partial charge >= 0.3 is 0 Å². The van der Waals surface area contributed by atoms with Crippen LogP contribution in [0.25, 0.3) is 22.6 Å². The van der Waals surface area contributed by atoms with E-state index in [1.807, 2.05) is 16.8 Å². The molecule has 1 amide bonds. The van der Waals surface area contributed by atoms with Gasteiger partial charge in [0.15, 0.2) is 0 Å². The number of hydrogen-bond donors (Lipinski definition) is 1. The molecule has 4 aromatic rings. The highest BCUT2D eigenvalue weighted by atomic mass is 19.1. The van der Waals surface area contributed by atoms with E-state index in [0.717, 1.165) is 50.0 Å². The summed E-state index contributed by atoms with van der Waals surface area (Å²) in [6, 6.07) is 4.54. The van der Waals surface area contributed by atoms with Crippen molar-refractivity contribution in [1.82, 2.24) is 29.4 Å². The predicted octanol–water partition coefficient (Wildman–Crippen LogP) is 4.48. The van der Waals surface area contributed by atoms with Crippen molar-refractivity contribution in [2.24, 2.45) is 0 Å². The zero-order chi connectivity index (χ0) is 25.0. The van der Waals surface area contributed by atoms with Crippen LogP contribution in [-0.4, -0.2) is 56.2 Å². The van der Waals surface area contributed by atoms with Crippen LogP contribution >= 0.6 is 0 Å². The molecular formula is C27H28F2N6O. The number of aromatic nitrogens is 4. The number of imidazole rings is 1. The van der Waals surface area contributed by atoms with Gasteiger partial charge < -0.3 is 10.2 Å². The molecule has 1 aliphatic carbocycles. The van der Waals surface area contributed by atoms with Gasteiger partial charge in [-0.15, -0.1) is 0 Å². The van der Waals surface area contributed by atoms with Crippen molar-refractivity contribution in [3.63, 3.8) is 0 Å². The molecule has 0 radical (unpaired) electrons. The van der Waals surface area contributed by atoms with Gasteiger partial charge in [0.05, 0.1) is 29.3 Å². The fourth-order valence-electron chi connectivity index (χ4n) is 5.01. The summed E-state index contributed by atoms with van der Waals surface area (Å²) in [5.41, 5.74) is 4.11. The number of pyridine rings is 1. The lowest BCUT2D eigenvalue weighted by Crippen LogP contribution is -2.29. The number of piperidine rings is 1. The molecule has 0 spiro atoms. The number of aryl methyl sites for hydroxylation is 1. The molecule has 186 valence electrons. The quantitative estimate of drug-likeness (QED) is 0.448. The van der Waals surface area contributed by atoms with Crippen LogP contribution in [0.5, 0.6) is 0 Å². The number of carbonyl (C=O) groups is 1. The molecule has 2 aliphatic rings. The highest BCUT2D eigenvalue weighted by Gasteiger charge is 2.26. The molecule has 4 heterocycles. The minimum Gasteiger partial charge on any atom is -0.349 e.